The van der Waals surface area contributed by atoms with Crippen molar-refractivity contribution in [2.24, 2.45) is 0 Å². The summed E-state index contributed by atoms with van der Waals surface area (Å²) in [6, 6.07) is 24.8. The van der Waals surface area contributed by atoms with Crippen LogP contribution in [0.15, 0.2) is 84.6 Å². The van der Waals surface area contributed by atoms with Crippen LogP contribution in [0, 0.1) is 0 Å². The summed E-state index contributed by atoms with van der Waals surface area (Å²) in [6.07, 6.45) is 1.63. The Balaban J connectivity index is 1.24. The third-order valence-electron chi connectivity index (χ3n) is 5.56. The Morgan fingerprint density at radius 1 is 0.912 bits per heavy atom. The molecular weight excluding hydrogens is 450 g/mol. The summed E-state index contributed by atoms with van der Waals surface area (Å²) in [7, 11) is 0. The first-order valence-corrected chi connectivity index (χ1v) is 11.6. The number of amides is 2. The van der Waals surface area contributed by atoms with Crippen LogP contribution in [0.1, 0.15) is 15.9 Å². The molecule has 0 aromatic heterocycles. The first-order valence-electron chi connectivity index (χ1n) is 10.8. The molecule has 2 heterocycles. The molecule has 0 spiro atoms. The normalized spacial score (nSPS) is 16.6. The van der Waals surface area contributed by atoms with Crippen LogP contribution >= 0.6 is 11.8 Å². The van der Waals surface area contributed by atoms with Gasteiger partial charge in [-0.1, -0.05) is 42.5 Å². The first-order chi connectivity index (χ1) is 16.6. The van der Waals surface area contributed by atoms with Gasteiger partial charge in [-0.15, -0.1) is 0 Å². The van der Waals surface area contributed by atoms with Gasteiger partial charge in [0, 0.05) is 17.4 Å². The lowest BCUT2D eigenvalue weighted by Crippen LogP contribution is -2.46. The van der Waals surface area contributed by atoms with Gasteiger partial charge >= 0.3 is 0 Å². The van der Waals surface area contributed by atoms with E-state index in [0.717, 1.165) is 16.9 Å². The maximum absolute atomic E-state index is 13.1. The number of hydrogen-bond acceptors (Lipinski definition) is 6. The van der Waals surface area contributed by atoms with Crippen LogP contribution in [0.3, 0.4) is 0 Å². The van der Waals surface area contributed by atoms with E-state index >= 15 is 0 Å². The number of nitrogens with zero attached hydrogens (tertiary/aromatic N) is 2. The van der Waals surface area contributed by atoms with E-state index in [2.05, 4.69) is 10.2 Å². The van der Waals surface area contributed by atoms with E-state index in [1.807, 2.05) is 66.7 Å². The van der Waals surface area contributed by atoms with Crippen molar-refractivity contribution in [3.05, 3.63) is 95.7 Å². The Kier molecular flexibility index (Phi) is 6.05. The topological polar surface area (TPSA) is 79.0 Å². The van der Waals surface area contributed by atoms with Gasteiger partial charge in [-0.25, -0.2) is 0 Å². The van der Waals surface area contributed by atoms with Gasteiger partial charge in [-0.3, -0.25) is 14.4 Å². The highest BCUT2D eigenvalue weighted by molar-refractivity contribution is 8.27. The molecule has 0 bridgehead atoms. The fourth-order valence-electron chi connectivity index (χ4n) is 3.89. The third-order valence-corrected chi connectivity index (χ3v) is 6.25. The summed E-state index contributed by atoms with van der Waals surface area (Å²) in [5, 5.41) is 1.87. The van der Waals surface area contributed by atoms with Gasteiger partial charge in [-0.2, -0.15) is 0 Å². The highest BCUT2D eigenvalue weighted by Crippen LogP contribution is 2.33. The van der Waals surface area contributed by atoms with E-state index in [0.29, 0.717) is 42.9 Å². The van der Waals surface area contributed by atoms with Crippen LogP contribution in [-0.4, -0.2) is 41.0 Å². The van der Waals surface area contributed by atoms with Crippen molar-refractivity contribution in [1.82, 2.24) is 10.2 Å². The third kappa shape index (κ3) is 4.53. The van der Waals surface area contributed by atoms with Crippen molar-refractivity contribution in [2.45, 2.75) is 0 Å². The van der Waals surface area contributed by atoms with Gasteiger partial charge in [-0.05, 0) is 48.0 Å². The number of para-hydroxylation sites is 2. The molecule has 0 unspecified atom stereocenters. The molecule has 0 saturated carbocycles. The average Bonchev–Trinajstić information content (AvgIpc) is 3.18. The number of rotatable bonds is 6. The Labute approximate surface area is 201 Å². The van der Waals surface area contributed by atoms with Crippen molar-refractivity contribution in [3.8, 4) is 5.75 Å². The minimum absolute atomic E-state index is 0.0190. The molecule has 5 rings (SSSR count). The number of anilines is 2. The maximum atomic E-state index is 13.1. The monoisotopic (exact) mass is 471 g/mol. The van der Waals surface area contributed by atoms with Gasteiger partial charge in [0.25, 0.3) is 11.1 Å². The fraction of sp³-hybridized carbons (Fsp3) is 0.115. The van der Waals surface area contributed by atoms with Crippen LogP contribution in [0.5, 0.6) is 5.75 Å². The zero-order valence-corrected chi connectivity index (χ0v) is 19.0. The average molecular weight is 472 g/mol. The van der Waals surface area contributed by atoms with Crippen LogP contribution in [0.4, 0.5) is 16.2 Å². The van der Waals surface area contributed by atoms with Gasteiger partial charge in [0.05, 0.1) is 30.2 Å². The molecule has 170 valence electrons. The molecule has 7 nitrogen and oxygen atoms in total. The molecule has 0 aliphatic carbocycles. The van der Waals surface area contributed by atoms with Crippen molar-refractivity contribution < 1.29 is 19.1 Å². The van der Waals surface area contributed by atoms with Gasteiger partial charge in [0.15, 0.2) is 0 Å². The van der Waals surface area contributed by atoms with Crippen molar-refractivity contribution in [3.63, 3.8) is 0 Å². The minimum Gasteiger partial charge on any atom is -0.492 e. The van der Waals surface area contributed by atoms with E-state index < -0.39 is 0 Å². The second-order valence-corrected chi connectivity index (χ2v) is 8.71. The number of benzene rings is 3. The molecule has 8 heteroatoms. The van der Waals surface area contributed by atoms with E-state index in [1.165, 1.54) is 0 Å². The Morgan fingerprint density at radius 3 is 2.38 bits per heavy atom. The predicted octanol–water partition coefficient (Wildman–Crippen LogP) is 4.64. The number of ether oxygens (including phenoxy) is 1. The van der Waals surface area contributed by atoms with E-state index in [9.17, 15) is 14.4 Å². The van der Waals surface area contributed by atoms with Gasteiger partial charge < -0.3 is 19.9 Å². The summed E-state index contributed by atoms with van der Waals surface area (Å²) < 4.78 is 5.88. The van der Waals surface area contributed by atoms with Crippen LogP contribution < -0.4 is 15.0 Å². The van der Waals surface area contributed by atoms with Crippen molar-refractivity contribution >= 4 is 45.5 Å². The number of fused-ring (bicyclic) bond motifs is 1. The second-order valence-electron chi connectivity index (χ2n) is 7.77. The molecular formula is C26H21N3O4S. The lowest BCUT2D eigenvalue weighted by Gasteiger charge is -2.38. The molecule has 1 fully saturated rings. The molecule has 1 saturated heterocycles. The molecule has 34 heavy (non-hydrogen) atoms. The first kappa shape index (κ1) is 21.8. The molecule has 2 aliphatic rings. The zero-order valence-electron chi connectivity index (χ0n) is 18.1. The number of carbonyl (C=O) groups excluding carboxylic acids is 3. The van der Waals surface area contributed by atoms with Crippen molar-refractivity contribution in [1.29, 1.82) is 0 Å². The summed E-state index contributed by atoms with van der Waals surface area (Å²) in [6.45, 7) is 1.20. The Morgan fingerprint density at radius 2 is 1.65 bits per heavy atom. The number of thioether (sulfide) groups is 1. The smallest absolute Gasteiger partial charge is 0.291 e. The molecule has 0 atom stereocenters. The van der Waals surface area contributed by atoms with Crippen LogP contribution in [0.2, 0.25) is 0 Å². The highest BCUT2D eigenvalue weighted by Gasteiger charge is 2.29. The summed E-state index contributed by atoms with van der Waals surface area (Å²) in [4.78, 5) is 40.0. The van der Waals surface area contributed by atoms with E-state index in [4.69, 9.17) is 4.74 Å². The largest absolute Gasteiger partial charge is 0.492 e. The van der Waals surface area contributed by atoms with Crippen LogP contribution in [-0.2, 0) is 4.79 Å². The van der Waals surface area contributed by atoms with E-state index in [1.54, 1.807) is 23.1 Å². The van der Waals surface area contributed by atoms with Gasteiger partial charge in [0.2, 0.25) is 5.12 Å². The maximum Gasteiger partial charge on any atom is 0.291 e. The zero-order chi connectivity index (χ0) is 23.5. The summed E-state index contributed by atoms with van der Waals surface area (Å²) in [5.74, 6) is 0.637. The molecule has 0 radical (unpaired) electrons. The number of hydrogen-bond donors (Lipinski definition) is 1. The highest BCUT2D eigenvalue weighted by atomic mass is 32.2. The minimum atomic E-state index is -0.364. The molecule has 2 aliphatic heterocycles. The fourth-order valence-corrected chi connectivity index (χ4v) is 4.44. The number of carbonyl (C=O) groups is 3. The van der Waals surface area contributed by atoms with Crippen molar-refractivity contribution in [2.75, 3.05) is 24.7 Å². The SMILES string of the molecule is O=C1NC(=Cc2ccc(OCCN3CN(c4ccccc4)c4ccccc4C3=O)cc2)C(=O)S1. The second kappa shape index (κ2) is 9.44. The van der Waals surface area contributed by atoms with Crippen LogP contribution in [0.25, 0.3) is 6.08 Å². The lowest BCUT2D eigenvalue weighted by atomic mass is 10.1. The standard InChI is InChI=1S/C26H21N3O4S/c30-24-21-8-4-5-9-23(21)29(19-6-2-1-3-7-19)17-28(24)14-15-33-20-12-10-18(11-13-20)16-22-25(31)34-26(32)27-22/h1-13,16H,14-15,17H2,(H,27,32). The van der Waals surface area contributed by atoms with E-state index in [-0.39, 0.29) is 22.0 Å². The summed E-state index contributed by atoms with van der Waals surface area (Å²) >= 11 is 0.653. The predicted molar refractivity (Wildman–Crippen MR) is 132 cm³/mol. The summed E-state index contributed by atoms with van der Waals surface area (Å²) in [5.41, 5.74) is 3.64. The Hall–Kier alpha value is -4.04. The molecule has 3 aromatic rings. The molecule has 2 amide bonds. The Bertz CT molecular complexity index is 1270. The quantitative estimate of drug-likeness (QED) is 0.528. The number of nitrogens with one attached hydrogen (secondary N) is 1. The molecule has 3 aromatic carbocycles. The lowest BCUT2D eigenvalue weighted by molar-refractivity contribution is -0.107. The van der Waals surface area contributed by atoms with Gasteiger partial charge in [0.1, 0.15) is 12.4 Å². The molecule has 1 N–H and O–H groups in total.